The van der Waals surface area contributed by atoms with E-state index < -0.39 is 8.32 Å². The molecule has 2 heteroatoms. The van der Waals surface area contributed by atoms with E-state index in [1.165, 1.54) is 12.1 Å². The molecule has 13 heavy (non-hydrogen) atoms. The molecule has 0 aromatic heterocycles. The molecule has 0 rings (SSSR count). The van der Waals surface area contributed by atoms with Gasteiger partial charge in [-0.1, -0.05) is 27.7 Å². The molecule has 80 valence electrons. The van der Waals surface area contributed by atoms with Gasteiger partial charge in [-0.3, -0.25) is 0 Å². The first-order valence-corrected chi connectivity index (χ1v) is 8.36. The lowest BCUT2D eigenvalue weighted by molar-refractivity contribution is 0.314. The molecule has 0 amide bonds. The van der Waals surface area contributed by atoms with E-state index >= 15 is 0 Å². The highest BCUT2D eigenvalue weighted by atomic mass is 28.4. The Morgan fingerprint density at radius 1 is 1.00 bits per heavy atom. The number of hydrogen-bond acceptors (Lipinski definition) is 1. The molecular formula is C11H26OSi. The van der Waals surface area contributed by atoms with Crippen molar-refractivity contribution in [3.05, 3.63) is 0 Å². The third-order valence-corrected chi connectivity index (χ3v) is 6.52. The predicted octanol–water partition coefficient (Wildman–Crippen LogP) is 3.91. The monoisotopic (exact) mass is 202 g/mol. The fraction of sp³-hybridized carbons (Fsp3) is 1.00. The van der Waals surface area contributed by atoms with Gasteiger partial charge in [0.15, 0.2) is 8.32 Å². The fourth-order valence-electron chi connectivity index (χ4n) is 2.28. The molecule has 0 spiro atoms. The van der Waals surface area contributed by atoms with Crippen molar-refractivity contribution < 1.29 is 4.43 Å². The van der Waals surface area contributed by atoms with E-state index in [0.717, 1.165) is 18.4 Å². The lowest BCUT2D eigenvalue weighted by atomic mass is 10.3. The predicted molar refractivity (Wildman–Crippen MR) is 62.5 cm³/mol. The topological polar surface area (TPSA) is 9.23 Å². The van der Waals surface area contributed by atoms with Crippen molar-refractivity contribution in [1.82, 2.24) is 0 Å². The van der Waals surface area contributed by atoms with E-state index in [1.54, 1.807) is 0 Å². The van der Waals surface area contributed by atoms with Crippen molar-refractivity contribution in [2.24, 2.45) is 11.8 Å². The minimum atomic E-state index is -1.38. The maximum Gasteiger partial charge on any atom is 0.190 e. The highest BCUT2D eigenvalue weighted by Gasteiger charge is 2.30. The molecule has 0 aliphatic rings. The van der Waals surface area contributed by atoms with Gasteiger partial charge in [0, 0.05) is 6.61 Å². The zero-order valence-electron chi connectivity index (χ0n) is 10.2. The Morgan fingerprint density at radius 2 is 1.38 bits per heavy atom. The second-order valence-electron chi connectivity index (χ2n) is 5.08. The summed E-state index contributed by atoms with van der Waals surface area (Å²) in [4.78, 5) is 0. The third kappa shape index (κ3) is 6.27. The molecule has 1 nitrogen and oxygen atoms in total. The van der Waals surface area contributed by atoms with Crippen LogP contribution in [0.5, 0.6) is 0 Å². The van der Waals surface area contributed by atoms with Crippen molar-refractivity contribution in [1.29, 1.82) is 0 Å². The van der Waals surface area contributed by atoms with Crippen LogP contribution in [0.15, 0.2) is 0 Å². The van der Waals surface area contributed by atoms with Gasteiger partial charge in [0.1, 0.15) is 0 Å². The van der Waals surface area contributed by atoms with Crippen molar-refractivity contribution in [3.8, 4) is 0 Å². The van der Waals surface area contributed by atoms with Gasteiger partial charge in [-0.15, -0.1) is 0 Å². The van der Waals surface area contributed by atoms with Crippen LogP contribution < -0.4 is 0 Å². The van der Waals surface area contributed by atoms with Crippen LogP contribution in [0.3, 0.4) is 0 Å². The highest BCUT2D eigenvalue weighted by molar-refractivity contribution is 6.72. The molecule has 0 radical (unpaired) electrons. The zero-order valence-corrected chi connectivity index (χ0v) is 11.2. The quantitative estimate of drug-likeness (QED) is 0.593. The fourth-order valence-corrected chi connectivity index (χ4v) is 6.83. The first-order valence-electron chi connectivity index (χ1n) is 5.53. The van der Waals surface area contributed by atoms with E-state index in [9.17, 15) is 0 Å². The molecule has 0 aliphatic heterocycles. The Balaban J connectivity index is 4.15. The lowest BCUT2D eigenvalue weighted by Gasteiger charge is -2.30. The van der Waals surface area contributed by atoms with Crippen LogP contribution in [0, 0.1) is 11.8 Å². The molecule has 0 aromatic rings. The normalized spacial score (nSPS) is 12.9. The Morgan fingerprint density at radius 3 is 1.62 bits per heavy atom. The average molecular weight is 202 g/mol. The van der Waals surface area contributed by atoms with Crippen molar-refractivity contribution in [2.75, 3.05) is 6.61 Å². The van der Waals surface area contributed by atoms with Crippen molar-refractivity contribution >= 4 is 8.32 Å². The highest BCUT2D eigenvalue weighted by Crippen LogP contribution is 2.26. The maximum absolute atomic E-state index is 5.99. The van der Waals surface area contributed by atoms with E-state index in [4.69, 9.17) is 4.43 Å². The Labute approximate surface area is 85.0 Å². The van der Waals surface area contributed by atoms with Crippen molar-refractivity contribution in [3.63, 3.8) is 0 Å². The van der Waals surface area contributed by atoms with Gasteiger partial charge in [0.2, 0.25) is 0 Å². The molecule has 0 bridgehead atoms. The minimum Gasteiger partial charge on any atom is -0.417 e. The SMILES string of the molecule is CCO[Si](C)(CC(C)C)CC(C)C. The Kier molecular flexibility index (Phi) is 5.89. The van der Waals surface area contributed by atoms with Crippen molar-refractivity contribution in [2.45, 2.75) is 53.3 Å². The standard InChI is InChI=1S/C11H26OSi/c1-7-12-13(6,8-10(2)3)9-11(4)5/h10-11H,7-9H2,1-6H3. The molecule has 0 aliphatic carbocycles. The van der Waals surface area contributed by atoms with Gasteiger partial charge >= 0.3 is 0 Å². The summed E-state index contributed by atoms with van der Waals surface area (Å²) < 4.78 is 5.99. The molecule has 0 saturated carbocycles. The van der Waals surface area contributed by atoms with Gasteiger partial charge in [-0.25, -0.2) is 0 Å². The van der Waals surface area contributed by atoms with Gasteiger partial charge in [-0.2, -0.15) is 0 Å². The zero-order chi connectivity index (χ0) is 10.5. The summed E-state index contributed by atoms with van der Waals surface area (Å²) in [6.45, 7) is 14.6. The summed E-state index contributed by atoms with van der Waals surface area (Å²) in [5.41, 5.74) is 0. The largest absolute Gasteiger partial charge is 0.417 e. The Hall–Kier alpha value is 0.177. The smallest absolute Gasteiger partial charge is 0.190 e. The molecule has 0 atom stereocenters. The van der Waals surface area contributed by atoms with Crippen LogP contribution >= 0.6 is 0 Å². The summed E-state index contributed by atoms with van der Waals surface area (Å²) in [6, 6.07) is 2.61. The van der Waals surface area contributed by atoms with E-state index in [-0.39, 0.29) is 0 Å². The Bertz CT molecular complexity index is 122. The van der Waals surface area contributed by atoms with Gasteiger partial charge in [0.05, 0.1) is 0 Å². The van der Waals surface area contributed by atoms with Crippen LogP contribution in [-0.4, -0.2) is 14.9 Å². The first-order chi connectivity index (χ1) is 5.89. The van der Waals surface area contributed by atoms with Crippen LogP contribution in [0.1, 0.15) is 34.6 Å². The molecular weight excluding hydrogens is 176 g/mol. The summed E-state index contributed by atoms with van der Waals surface area (Å²) >= 11 is 0. The first kappa shape index (κ1) is 13.2. The second kappa shape index (κ2) is 5.81. The molecule has 0 N–H and O–H groups in total. The van der Waals surface area contributed by atoms with E-state index in [1.807, 2.05) is 0 Å². The van der Waals surface area contributed by atoms with Gasteiger partial charge in [-0.05, 0) is 37.4 Å². The molecule has 0 fully saturated rings. The van der Waals surface area contributed by atoms with Crippen LogP contribution in [0.25, 0.3) is 0 Å². The average Bonchev–Trinajstić information content (AvgIpc) is 1.81. The summed E-state index contributed by atoms with van der Waals surface area (Å²) in [7, 11) is -1.38. The molecule has 0 saturated heterocycles. The van der Waals surface area contributed by atoms with E-state index in [2.05, 4.69) is 41.2 Å². The molecule has 0 aromatic carbocycles. The van der Waals surface area contributed by atoms with Gasteiger partial charge < -0.3 is 4.43 Å². The van der Waals surface area contributed by atoms with Crippen LogP contribution in [-0.2, 0) is 4.43 Å². The summed E-state index contributed by atoms with van der Waals surface area (Å²) in [6.07, 6.45) is 0. The number of hydrogen-bond donors (Lipinski definition) is 0. The van der Waals surface area contributed by atoms with Crippen LogP contribution in [0.2, 0.25) is 18.6 Å². The lowest BCUT2D eigenvalue weighted by Crippen LogP contribution is -2.37. The minimum absolute atomic E-state index is 0.780. The van der Waals surface area contributed by atoms with E-state index in [0.29, 0.717) is 0 Å². The third-order valence-electron chi connectivity index (χ3n) is 2.17. The second-order valence-corrected chi connectivity index (χ2v) is 9.08. The number of rotatable bonds is 6. The van der Waals surface area contributed by atoms with Crippen LogP contribution in [0.4, 0.5) is 0 Å². The van der Waals surface area contributed by atoms with Gasteiger partial charge in [0.25, 0.3) is 0 Å². The maximum atomic E-state index is 5.99. The summed E-state index contributed by atoms with van der Waals surface area (Å²) in [5.74, 6) is 1.56. The molecule has 0 unspecified atom stereocenters. The summed E-state index contributed by atoms with van der Waals surface area (Å²) in [5, 5.41) is 0. The molecule has 0 heterocycles.